The van der Waals surface area contributed by atoms with Crippen molar-refractivity contribution in [3.8, 4) is 0 Å². The first-order valence-electron chi connectivity index (χ1n) is 8.84. The number of aliphatic hydroxyl groups is 1. The fourth-order valence-electron chi connectivity index (χ4n) is 4.25. The van der Waals surface area contributed by atoms with Crippen molar-refractivity contribution in [3.05, 3.63) is 48.0 Å². The van der Waals surface area contributed by atoms with E-state index in [0.29, 0.717) is 25.2 Å². The largest absolute Gasteiger partial charge is 0.395 e. The topological polar surface area (TPSA) is 77.9 Å². The van der Waals surface area contributed by atoms with Crippen LogP contribution in [0.2, 0.25) is 0 Å². The summed E-state index contributed by atoms with van der Waals surface area (Å²) in [5, 5.41) is 11.1. The molecule has 2 fully saturated rings. The first-order valence-corrected chi connectivity index (χ1v) is 10.7. The molecule has 0 unspecified atom stereocenters. The summed E-state index contributed by atoms with van der Waals surface area (Å²) in [4.78, 5) is 17.0. The van der Waals surface area contributed by atoms with Crippen molar-refractivity contribution < 1.29 is 18.3 Å². The van der Waals surface area contributed by atoms with Crippen molar-refractivity contribution in [2.75, 3.05) is 37.7 Å². The fourth-order valence-corrected chi connectivity index (χ4v) is 6.26. The van der Waals surface area contributed by atoms with Gasteiger partial charge in [0.1, 0.15) is 0 Å². The lowest BCUT2D eigenvalue weighted by atomic mass is 10.00. The quantitative estimate of drug-likeness (QED) is 0.858. The van der Waals surface area contributed by atoms with Gasteiger partial charge in [-0.2, -0.15) is 0 Å². The Hall–Kier alpha value is -1.96. The van der Waals surface area contributed by atoms with Gasteiger partial charge in [-0.25, -0.2) is 8.42 Å². The second kappa shape index (κ2) is 6.64. The van der Waals surface area contributed by atoms with E-state index in [9.17, 15) is 18.3 Å². The van der Waals surface area contributed by atoms with Gasteiger partial charge in [-0.1, -0.05) is 36.4 Å². The van der Waals surface area contributed by atoms with Gasteiger partial charge < -0.3 is 10.0 Å². The average molecular weight is 374 g/mol. The molecule has 2 saturated heterocycles. The Balaban J connectivity index is 1.70. The third kappa shape index (κ3) is 3.00. The molecule has 2 aliphatic heterocycles. The average Bonchev–Trinajstić information content (AvgIpc) is 2.96. The number of benzene rings is 2. The highest BCUT2D eigenvalue weighted by Gasteiger charge is 2.48. The number of rotatable bonds is 3. The van der Waals surface area contributed by atoms with Crippen LogP contribution in [0.25, 0.3) is 10.8 Å². The van der Waals surface area contributed by atoms with E-state index < -0.39 is 9.84 Å². The predicted octanol–water partition coefficient (Wildman–Crippen LogP) is 0.755. The zero-order chi connectivity index (χ0) is 18.3. The molecule has 6 nitrogen and oxygen atoms in total. The van der Waals surface area contributed by atoms with Crippen molar-refractivity contribution in [1.82, 2.24) is 9.80 Å². The molecule has 2 heterocycles. The molecule has 138 valence electrons. The number of amides is 1. The Morgan fingerprint density at radius 2 is 1.77 bits per heavy atom. The number of piperazine rings is 1. The van der Waals surface area contributed by atoms with Gasteiger partial charge in [0.2, 0.25) is 0 Å². The van der Waals surface area contributed by atoms with Crippen LogP contribution >= 0.6 is 0 Å². The minimum Gasteiger partial charge on any atom is -0.395 e. The SMILES string of the molecule is O=C(c1cccc2ccccc12)N1CCN(CCO)[C@H]2CS(=O)(=O)C[C@H]21. The maximum absolute atomic E-state index is 13.3. The predicted molar refractivity (Wildman–Crippen MR) is 99.9 cm³/mol. The van der Waals surface area contributed by atoms with Gasteiger partial charge in [-0.3, -0.25) is 9.69 Å². The number of fused-ring (bicyclic) bond motifs is 2. The van der Waals surface area contributed by atoms with Crippen molar-refractivity contribution >= 4 is 26.5 Å². The van der Waals surface area contributed by atoms with E-state index in [2.05, 4.69) is 0 Å². The van der Waals surface area contributed by atoms with Crippen LogP contribution in [0.3, 0.4) is 0 Å². The van der Waals surface area contributed by atoms with E-state index in [1.165, 1.54) is 0 Å². The highest BCUT2D eigenvalue weighted by Crippen LogP contribution is 2.29. The van der Waals surface area contributed by atoms with Crippen LogP contribution in [0.1, 0.15) is 10.4 Å². The van der Waals surface area contributed by atoms with Gasteiger partial charge in [0.15, 0.2) is 9.84 Å². The van der Waals surface area contributed by atoms with Gasteiger partial charge in [0.05, 0.1) is 24.2 Å². The Kier molecular flexibility index (Phi) is 4.46. The minimum atomic E-state index is -3.19. The molecule has 0 bridgehead atoms. The standard InChI is InChI=1S/C19H22N2O4S/c22-11-10-20-8-9-21(18-13-26(24,25)12-17(18)20)19(23)16-7-3-5-14-4-1-2-6-15(14)16/h1-7,17-18,22H,8-13H2/t17-,18+/m0/s1. The van der Waals surface area contributed by atoms with Gasteiger partial charge in [-0.05, 0) is 16.8 Å². The number of sulfone groups is 1. The lowest BCUT2D eigenvalue weighted by molar-refractivity contribution is 0.0283. The third-order valence-electron chi connectivity index (χ3n) is 5.46. The molecule has 2 atom stereocenters. The number of hydrogen-bond donors (Lipinski definition) is 1. The van der Waals surface area contributed by atoms with Crippen LogP contribution in [0.5, 0.6) is 0 Å². The molecule has 7 heteroatoms. The first-order chi connectivity index (χ1) is 12.5. The Morgan fingerprint density at radius 3 is 2.58 bits per heavy atom. The molecule has 2 aliphatic rings. The molecule has 0 saturated carbocycles. The molecule has 0 aliphatic carbocycles. The van der Waals surface area contributed by atoms with Crippen LogP contribution in [-0.2, 0) is 9.84 Å². The molecule has 2 aromatic carbocycles. The maximum atomic E-state index is 13.3. The van der Waals surface area contributed by atoms with Crippen LogP contribution < -0.4 is 0 Å². The number of β-amino-alcohol motifs (C(OH)–C–C–N with tert-alkyl or cyclic N) is 1. The van der Waals surface area contributed by atoms with Crippen molar-refractivity contribution in [3.63, 3.8) is 0 Å². The summed E-state index contributed by atoms with van der Waals surface area (Å²) in [6.45, 7) is 1.47. The molecule has 0 radical (unpaired) electrons. The zero-order valence-electron chi connectivity index (χ0n) is 14.4. The Bertz CT molecular complexity index is 938. The second-order valence-electron chi connectivity index (χ2n) is 7.00. The normalized spacial score (nSPS) is 25.3. The summed E-state index contributed by atoms with van der Waals surface area (Å²) in [5.41, 5.74) is 0.613. The number of aliphatic hydroxyl groups excluding tert-OH is 1. The van der Waals surface area contributed by atoms with Gasteiger partial charge in [0.25, 0.3) is 5.91 Å². The van der Waals surface area contributed by atoms with Gasteiger partial charge in [-0.15, -0.1) is 0 Å². The molecule has 1 amide bonds. The summed E-state index contributed by atoms with van der Waals surface area (Å²) in [6.07, 6.45) is 0. The molecule has 2 aromatic rings. The van der Waals surface area contributed by atoms with E-state index >= 15 is 0 Å². The summed E-state index contributed by atoms with van der Waals surface area (Å²) in [6, 6.07) is 12.8. The van der Waals surface area contributed by atoms with E-state index in [1.54, 1.807) is 4.90 Å². The number of carbonyl (C=O) groups is 1. The van der Waals surface area contributed by atoms with E-state index in [4.69, 9.17) is 0 Å². The molecule has 4 rings (SSSR count). The lowest BCUT2D eigenvalue weighted by Crippen LogP contribution is -2.61. The van der Waals surface area contributed by atoms with Crippen molar-refractivity contribution in [1.29, 1.82) is 0 Å². The summed E-state index contributed by atoms with van der Waals surface area (Å²) >= 11 is 0. The molecule has 0 spiro atoms. The molecular formula is C19H22N2O4S. The highest BCUT2D eigenvalue weighted by atomic mass is 32.2. The monoisotopic (exact) mass is 374 g/mol. The minimum absolute atomic E-state index is 0.00387. The van der Waals surface area contributed by atoms with Crippen LogP contribution in [0.15, 0.2) is 42.5 Å². The first kappa shape index (κ1) is 17.5. The van der Waals surface area contributed by atoms with Crippen molar-refractivity contribution in [2.24, 2.45) is 0 Å². The number of carbonyl (C=O) groups excluding carboxylic acids is 1. The van der Waals surface area contributed by atoms with E-state index in [0.717, 1.165) is 10.8 Å². The Labute approximate surface area is 152 Å². The highest BCUT2D eigenvalue weighted by molar-refractivity contribution is 7.91. The molecule has 26 heavy (non-hydrogen) atoms. The fraction of sp³-hybridized carbons (Fsp3) is 0.421. The van der Waals surface area contributed by atoms with Crippen LogP contribution in [0, 0.1) is 0 Å². The summed E-state index contributed by atoms with van der Waals surface area (Å²) in [7, 11) is -3.19. The van der Waals surface area contributed by atoms with E-state index in [-0.39, 0.29) is 36.1 Å². The zero-order valence-corrected chi connectivity index (χ0v) is 15.2. The second-order valence-corrected chi connectivity index (χ2v) is 9.15. The maximum Gasteiger partial charge on any atom is 0.254 e. The molecular weight excluding hydrogens is 352 g/mol. The number of nitrogens with zero attached hydrogens (tertiary/aromatic N) is 2. The lowest BCUT2D eigenvalue weighted by Gasteiger charge is -2.43. The van der Waals surface area contributed by atoms with Gasteiger partial charge in [0, 0.05) is 31.2 Å². The molecule has 0 aromatic heterocycles. The van der Waals surface area contributed by atoms with Crippen LogP contribution in [0.4, 0.5) is 0 Å². The third-order valence-corrected chi connectivity index (χ3v) is 7.16. The van der Waals surface area contributed by atoms with Gasteiger partial charge >= 0.3 is 0 Å². The van der Waals surface area contributed by atoms with Crippen molar-refractivity contribution in [2.45, 2.75) is 12.1 Å². The van der Waals surface area contributed by atoms with E-state index in [1.807, 2.05) is 47.4 Å². The number of hydrogen-bond acceptors (Lipinski definition) is 5. The summed E-state index contributed by atoms with van der Waals surface area (Å²) in [5.74, 6) is -0.0647. The van der Waals surface area contributed by atoms with Crippen LogP contribution in [-0.4, -0.2) is 79.1 Å². The smallest absolute Gasteiger partial charge is 0.254 e. The Morgan fingerprint density at radius 1 is 1.04 bits per heavy atom. The molecule has 1 N–H and O–H groups in total. The summed E-state index contributed by atoms with van der Waals surface area (Å²) < 4.78 is 24.5.